The van der Waals surface area contributed by atoms with Crippen molar-refractivity contribution in [3.63, 3.8) is 0 Å². The largest absolute Gasteiger partial charge is 0.481 e. The Hall–Kier alpha value is -0.810. The van der Waals surface area contributed by atoms with Gasteiger partial charge in [-0.1, -0.05) is 10.8 Å². The zero-order valence-electron chi connectivity index (χ0n) is 7.56. The van der Waals surface area contributed by atoms with Gasteiger partial charge in [0.1, 0.15) is 6.61 Å². The van der Waals surface area contributed by atoms with Crippen LogP contribution in [0.4, 0.5) is 0 Å². The average Bonchev–Trinajstić information content (AvgIpc) is 2.27. The van der Waals surface area contributed by atoms with Crippen LogP contribution in [0.3, 0.4) is 0 Å². The van der Waals surface area contributed by atoms with Gasteiger partial charge < -0.3 is 9.47 Å². The maximum Gasteiger partial charge on any atom is 0.224 e. The van der Waals surface area contributed by atoms with Gasteiger partial charge in [-0.25, -0.2) is 0 Å². The smallest absolute Gasteiger partial charge is 0.224 e. The predicted molar refractivity (Wildman–Crippen MR) is 60.8 cm³/mol. The number of ether oxygens (including phenoxy) is 2. The van der Waals surface area contributed by atoms with Crippen LogP contribution in [0.15, 0.2) is 17.0 Å². The lowest BCUT2D eigenvalue weighted by Gasteiger charge is -2.15. The van der Waals surface area contributed by atoms with Crippen molar-refractivity contribution in [3.8, 4) is 11.8 Å². The van der Waals surface area contributed by atoms with Gasteiger partial charge in [0.25, 0.3) is 0 Å². The maximum atomic E-state index is 5.44. The molecule has 0 fully saturated rings. The molecular weight excluding hydrogens is 218 g/mol. The Bertz CT molecular complexity index is 379. The van der Waals surface area contributed by atoms with Crippen LogP contribution >= 0.6 is 22.5 Å². The normalized spacial score (nSPS) is 14.0. The molecular formula is C9H9NO2S2. The van der Waals surface area contributed by atoms with Gasteiger partial charge in [-0.15, -0.1) is 11.7 Å². The summed E-state index contributed by atoms with van der Waals surface area (Å²) in [7, 11) is 2.98. The van der Waals surface area contributed by atoms with Crippen molar-refractivity contribution in [1.29, 1.82) is 0 Å². The van der Waals surface area contributed by atoms with Gasteiger partial charge in [0.2, 0.25) is 11.8 Å². The molecule has 0 N–H and O–H groups in total. The molecule has 0 unspecified atom stereocenters. The predicted octanol–water partition coefficient (Wildman–Crippen LogP) is 2.40. The summed E-state index contributed by atoms with van der Waals surface area (Å²) < 4.78 is 10.4. The lowest BCUT2D eigenvalue weighted by molar-refractivity contribution is 0.327. The maximum absolute atomic E-state index is 5.44. The number of nitrogens with zero attached hydrogens (tertiary/aromatic N) is 1. The van der Waals surface area contributed by atoms with E-state index in [1.807, 2.05) is 18.2 Å². The molecule has 0 saturated heterocycles. The van der Waals surface area contributed by atoms with Crippen molar-refractivity contribution in [1.82, 2.24) is 4.98 Å². The minimum absolute atomic E-state index is 0.529. The summed E-state index contributed by atoms with van der Waals surface area (Å²) in [5, 5.41) is 0. The Morgan fingerprint density at radius 2 is 2.43 bits per heavy atom. The minimum Gasteiger partial charge on any atom is -0.481 e. The molecule has 0 aliphatic carbocycles. The fourth-order valence-electron chi connectivity index (χ4n) is 1.18. The molecule has 3 nitrogen and oxygen atoms in total. The summed E-state index contributed by atoms with van der Waals surface area (Å²) in [6.07, 6.45) is 2.02. The van der Waals surface area contributed by atoms with Crippen LogP contribution in [0.25, 0.3) is 6.08 Å². The van der Waals surface area contributed by atoms with E-state index in [-0.39, 0.29) is 0 Å². The van der Waals surface area contributed by atoms with Crippen LogP contribution in [0.2, 0.25) is 0 Å². The highest BCUT2D eigenvalue weighted by Crippen LogP contribution is 2.31. The SMILES string of the molecule is COc1ccc2c(n1)OCC(SS)=C2. The molecule has 1 aliphatic heterocycles. The minimum atomic E-state index is 0.529. The van der Waals surface area contributed by atoms with Crippen molar-refractivity contribution in [2.45, 2.75) is 0 Å². The number of fused-ring (bicyclic) bond motifs is 1. The molecule has 0 spiro atoms. The van der Waals surface area contributed by atoms with Crippen LogP contribution in [0.5, 0.6) is 11.8 Å². The fraction of sp³-hybridized carbons (Fsp3) is 0.222. The Morgan fingerprint density at radius 1 is 1.57 bits per heavy atom. The number of aromatic nitrogens is 1. The molecule has 2 rings (SSSR count). The second kappa shape index (κ2) is 4.14. The molecule has 2 heterocycles. The number of hydrogen-bond donors (Lipinski definition) is 1. The van der Waals surface area contributed by atoms with Crippen molar-refractivity contribution in [2.75, 3.05) is 13.7 Å². The number of pyridine rings is 1. The van der Waals surface area contributed by atoms with Gasteiger partial charge in [0, 0.05) is 16.5 Å². The molecule has 1 aromatic heterocycles. The summed E-state index contributed by atoms with van der Waals surface area (Å²) in [5.41, 5.74) is 0.966. The number of hydrogen-bond acceptors (Lipinski definition) is 5. The second-order valence-corrected chi connectivity index (χ2v) is 3.99. The van der Waals surface area contributed by atoms with Gasteiger partial charge in [-0.05, 0) is 12.1 Å². The molecule has 1 aromatic rings. The molecule has 0 aromatic carbocycles. The summed E-state index contributed by atoms with van der Waals surface area (Å²) in [6.45, 7) is 0.529. The Labute approximate surface area is 91.3 Å². The van der Waals surface area contributed by atoms with Gasteiger partial charge in [0.15, 0.2) is 0 Å². The van der Waals surface area contributed by atoms with E-state index in [1.165, 1.54) is 10.8 Å². The standard InChI is InChI=1S/C9H9NO2S2/c1-11-8-3-2-6-4-7(14-13)5-12-9(6)10-8/h2-4,13H,5H2,1H3. The monoisotopic (exact) mass is 227 g/mol. The average molecular weight is 227 g/mol. The van der Waals surface area contributed by atoms with Crippen molar-refractivity contribution < 1.29 is 9.47 Å². The van der Waals surface area contributed by atoms with Gasteiger partial charge in [-0.3, -0.25) is 0 Å². The molecule has 0 amide bonds. The van der Waals surface area contributed by atoms with Crippen molar-refractivity contribution in [2.24, 2.45) is 0 Å². The summed E-state index contributed by atoms with van der Waals surface area (Å²) >= 11 is 4.12. The van der Waals surface area contributed by atoms with Gasteiger partial charge >= 0.3 is 0 Å². The van der Waals surface area contributed by atoms with E-state index >= 15 is 0 Å². The first kappa shape index (κ1) is 9.73. The van der Waals surface area contributed by atoms with E-state index in [4.69, 9.17) is 9.47 Å². The Balaban J connectivity index is 2.37. The van der Waals surface area contributed by atoms with E-state index in [1.54, 1.807) is 7.11 Å². The fourth-order valence-corrected chi connectivity index (χ4v) is 1.79. The number of thiol groups is 1. The molecule has 5 heteroatoms. The zero-order chi connectivity index (χ0) is 9.97. The third kappa shape index (κ3) is 1.83. The first-order valence-electron chi connectivity index (χ1n) is 4.03. The Morgan fingerprint density at radius 3 is 3.14 bits per heavy atom. The second-order valence-electron chi connectivity index (χ2n) is 2.74. The van der Waals surface area contributed by atoms with E-state index in [9.17, 15) is 0 Å². The molecule has 74 valence electrons. The molecule has 0 atom stereocenters. The van der Waals surface area contributed by atoms with E-state index in [2.05, 4.69) is 16.6 Å². The number of methoxy groups -OCH3 is 1. The summed E-state index contributed by atoms with van der Waals surface area (Å²) in [5.74, 6) is 1.19. The quantitative estimate of drug-likeness (QED) is 0.621. The highest BCUT2D eigenvalue weighted by Gasteiger charge is 2.13. The lowest BCUT2D eigenvalue weighted by Crippen LogP contribution is -2.06. The van der Waals surface area contributed by atoms with E-state index in [0.717, 1.165) is 10.5 Å². The summed E-state index contributed by atoms with van der Waals surface area (Å²) in [4.78, 5) is 5.25. The molecule has 0 saturated carbocycles. The highest BCUT2D eigenvalue weighted by molar-refractivity contribution is 8.70. The molecule has 1 aliphatic rings. The summed E-state index contributed by atoms with van der Waals surface area (Å²) in [6, 6.07) is 3.73. The third-order valence-electron chi connectivity index (χ3n) is 1.86. The Kier molecular flexibility index (Phi) is 2.88. The van der Waals surface area contributed by atoms with Gasteiger partial charge in [0.05, 0.1) is 7.11 Å². The first-order valence-corrected chi connectivity index (χ1v) is 5.90. The van der Waals surface area contributed by atoms with Crippen LogP contribution in [-0.2, 0) is 0 Å². The lowest BCUT2D eigenvalue weighted by atomic mass is 10.2. The molecule has 0 bridgehead atoms. The zero-order valence-corrected chi connectivity index (χ0v) is 9.27. The van der Waals surface area contributed by atoms with Crippen molar-refractivity contribution in [3.05, 3.63) is 22.6 Å². The highest BCUT2D eigenvalue weighted by atomic mass is 33.1. The molecule has 0 radical (unpaired) electrons. The van der Waals surface area contributed by atoms with Crippen LogP contribution in [0, 0.1) is 0 Å². The van der Waals surface area contributed by atoms with Crippen molar-refractivity contribution >= 4 is 28.5 Å². The van der Waals surface area contributed by atoms with E-state index < -0.39 is 0 Å². The van der Waals surface area contributed by atoms with Crippen LogP contribution in [0.1, 0.15) is 5.56 Å². The topological polar surface area (TPSA) is 31.4 Å². The van der Waals surface area contributed by atoms with E-state index in [0.29, 0.717) is 18.4 Å². The van der Waals surface area contributed by atoms with Crippen LogP contribution < -0.4 is 9.47 Å². The third-order valence-corrected chi connectivity index (χ3v) is 3.03. The number of rotatable bonds is 2. The van der Waals surface area contributed by atoms with Crippen LogP contribution in [-0.4, -0.2) is 18.7 Å². The molecule has 14 heavy (non-hydrogen) atoms. The van der Waals surface area contributed by atoms with Gasteiger partial charge in [-0.2, -0.15) is 4.98 Å². The first-order chi connectivity index (χ1) is 6.83.